The topological polar surface area (TPSA) is 123 Å². The van der Waals surface area contributed by atoms with Crippen LogP contribution in [0.1, 0.15) is 15.9 Å². The minimum atomic E-state index is -1.33. The number of nitrogens with zero attached hydrogens (tertiary/aromatic N) is 2. The van der Waals surface area contributed by atoms with E-state index in [4.69, 9.17) is 9.84 Å². The fourth-order valence-electron chi connectivity index (χ4n) is 1.61. The van der Waals surface area contributed by atoms with Crippen molar-refractivity contribution < 1.29 is 24.7 Å². The second-order valence-corrected chi connectivity index (χ2v) is 3.98. The van der Waals surface area contributed by atoms with Gasteiger partial charge in [0.1, 0.15) is 5.75 Å². The van der Waals surface area contributed by atoms with Crippen molar-refractivity contribution in [2.24, 2.45) is 0 Å². The first-order chi connectivity index (χ1) is 10.0. The average molecular weight is 290 g/mol. The fraction of sp³-hybridized carbons (Fsp3) is 0.0769. The summed E-state index contributed by atoms with van der Waals surface area (Å²) in [6.45, 7) is -0.308. The number of carboxylic acid groups (broad SMARTS) is 1. The van der Waals surface area contributed by atoms with Crippen molar-refractivity contribution in [3.8, 4) is 11.6 Å². The third-order valence-corrected chi connectivity index (χ3v) is 2.63. The number of rotatable bonds is 5. The molecule has 0 atom stereocenters. The first-order valence-electron chi connectivity index (χ1n) is 5.77. The highest BCUT2D eigenvalue weighted by Crippen LogP contribution is 2.31. The van der Waals surface area contributed by atoms with Crippen molar-refractivity contribution in [1.82, 2.24) is 4.98 Å². The summed E-state index contributed by atoms with van der Waals surface area (Å²) in [6.07, 6.45) is 0.965. The van der Waals surface area contributed by atoms with Crippen LogP contribution in [0.2, 0.25) is 0 Å². The number of ether oxygens (including phenoxy) is 1. The Labute approximate surface area is 118 Å². The summed E-state index contributed by atoms with van der Waals surface area (Å²) < 4.78 is 5.32. The van der Waals surface area contributed by atoms with Crippen LogP contribution < -0.4 is 4.74 Å². The summed E-state index contributed by atoms with van der Waals surface area (Å²) in [5, 5.41) is 29.0. The number of aliphatic hydroxyl groups excluding tert-OH is 1. The lowest BCUT2D eigenvalue weighted by atomic mass is 10.2. The van der Waals surface area contributed by atoms with E-state index in [1.54, 1.807) is 18.2 Å². The first kappa shape index (κ1) is 14.4. The molecule has 0 bridgehead atoms. The van der Waals surface area contributed by atoms with Gasteiger partial charge in [-0.15, -0.1) is 0 Å². The number of carbonyl (C=O) groups is 1. The smallest absolute Gasteiger partial charge is 0.337 e. The van der Waals surface area contributed by atoms with Gasteiger partial charge in [0.25, 0.3) is 5.88 Å². The number of hydrogen-bond acceptors (Lipinski definition) is 6. The maximum absolute atomic E-state index is 11.0. The summed E-state index contributed by atoms with van der Waals surface area (Å²) in [5.41, 5.74) is -0.456. The molecule has 0 aliphatic rings. The van der Waals surface area contributed by atoms with Gasteiger partial charge in [0.15, 0.2) is 0 Å². The zero-order valence-electron chi connectivity index (χ0n) is 10.6. The van der Waals surface area contributed by atoms with Gasteiger partial charge in [-0.3, -0.25) is 10.1 Å². The molecule has 0 unspecified atom stereocenters. The van der Waals surface area contributed by atoms with Gasteiger partial charge >= 0.3 is 11.7 Å². The van der Waals surface area contributed by atoms with Crippen LogP contribution in [0.3, 0.4) is 0 Å². The Kier molecular flexibility index (Phi) is 4.10. The van der Waals surface area contributed by atoms with Crippen molar-refractivity contribution in [1.29, 1.82) is 0 Å². The number of aromatic carboxylic acids is 1. The summed E-state index contributed by atoms with van der Waals surface area (Å²) in [6, 6.07) is 7.28. The monoisotopic (exact) mass is 290 g/mol. The molecular weight excluding hydrogens is 280 g/mol. The molecule has 2 rings (SSSR count). The highest BCUT2D eigenvalue weighted by atomic mass is 16.6. The number of nitro groups is 1. The van der Waals surface area contributed by atoms with Gasteiger partial charge in [-0.2, -0.15) is 0 Å². The van der Waals surface area contributed by atoms with Gasteiger partial charge in [-0.05, 0) is 6.07 Å². The van der Waals surface area contributed by atoms with Gasteiger partial charge < -0.3 is 14.9 Å². The van der Waals surface area contributed by atoms with Gasteiger partial charge in [0.2, 0.25) is 0 Å². The molecule has 0 amide bonds. The Morgan fingerprint density at radius 1 is 1.38 bits per heavy atom. The van der Waals surface area contributed by atoms with Gasteiger partial charge in [0, 0.05) is 17.8 Å². The van der Waals surface area contributed by atoms with Crippen molar-refractivity contribution >= 4 is 11.7 Å². The molecule has 0 radical (unpaired) electrons. The van der Waals surface area contributed by atoms with E-state index in [0.717, 1.165) is 12.3 Å². The van der Waals surface area contributed by atoms with Crippen LogP contribution in [0.25, 0.3) is 0 Å². The minimum Gasteiger partial charge on any atom is -0.478 e. The molecule has 0 saturated carbocycles. The van der Waals surface area contributed by atoms with E-state index in [1.165, 1.54) is 6.07 Å². The number of para-hydroxylation sites is 1. The van der Waals surface area contributed by atoms with Crippen molar-refractivity contribution in [2.45, 2.75) is 6.61 Å². The van der Waals surface area contributed by atoms with E-state index in [-0.39, 0.29) is 23.8 Å². The summed E-state index contributed by atoms with van der Waals surface area (Å²) in [7, 11) is 0. The van der Waals surface area contributed by atoms with Crippen LogP contribution in [-0.4, -0.2) is 26.1 Å². The highest BCUT2D eigenvalue weighted by Gasteiger charge is 2.21. The van der Waals surface area contributed by atoms with E-state index in [9.17, 15) is 20.0 Å². The molecule has 0 aliphatic carbocycles. The third kappa shape index (κ3) is 3.12. The van der Waals surface area contributed by atoms with Crippen LogP contribution >= 0.6 is 0 Å². The molecule has 1 aromatic heterocycles. The van der Waals surface area contributed by atoms with Crippen molar-refractivity contribution in [3.63, 3.8) is 0 Å². The summed E-state index contributed by atoms with van der Waals surface area (Å²) >= 11 is 0. The van der Waals surface area contributed by atoms with Gasteiger partial charge in [-0.1, -0.05) is 18.2 Å². The summed E-state index contributed by atoms with van der Waals surface area (Å²) in [5.74, 6) is -1.46. The SMILES string of the molecule is O=C(O)c1cnc(Oc2ccccc2CO)c([N+](=O)[O-])c1. The number of hydrogen-bond donors (Lipinski definition) is 2. The molecule has 2 N–H and O–H groups in total. The average Bonchev–Trinajstić information content (AvgIpc) is 2.47. The summed E-state index contributed by atoms with van der Waals surface area (Å²) in [4.78, 5) is 24.7. The second-order valence-electron chi connectivity index (χ2n) is 3.98. The Morgan fingerprint density at radius 3 is 2.71 bits per heavy atom. The van der Waals surface area contributed by atoms with E-state index < -0.39 is 16.6 Å². The lowest BCUT2D eigenvalue weighted by molar-refractivity contribution is -0.386. The second kappa shape index (κ2) is 5.97. The molecule has 8 heteroatoms. The van der Waals surface area contributed by atoms with Crippen LogP contribution in [0, 0.1) is 10.1 Å². The number of aromatic nitrogens is 1. The normalized spacial score (nSPS) is 10.1. The molecule has 108 valence electrons. The maximum Gasteiger partial charge on any atom is 0.337 e. The fourth-order valence-corrected chi connectivity index (χ4v) is 1.61. The van der Waals surface area contributed by atoms with Crippen LogP contribution in [0.5, 0.6) is 11.6 Å². The van der Waals surface area contributed by atoms with Crippen molar-refractivity contribution in [3.05, 3.63) is 57.8 Å². The molecule has 0 saturated heterocycles. The zero-order chi connectivity index (χ0) is 15.4. The lowest BCUT2D eigenvalue weighted by Crippen LogP contribution is -2.02. The maximum atomic E-state index is 11.0. The van der Waals surface area contributed by atoms with Gasteiger partial charge in [-0.25, -0.2) is 9.78 Å². The Morgan fingerprint density at radius 2 is 2.10 bits per heavy atom. The van der Waals surface area contributed by atoms with Crippen LogP contribution in [0.15, 0.2) is 36.5 Å². The zero-order valence-corrected chi connectivity index (χ0v) is 10.6. The van der Waals surface area contributed by atoms with Gasteiger partial charge in [0.05, 0.1) is 17.1 Å². The third-order valence-electron chi connectivity index (χ3n) is 2.63. The largest absolute Gasteiger partial charge is 0.478 e. The predicted octanol–water partition coefficient (Wildman–Crippen LogP) is 1.97. The molecular formula is C13H10N2O6. The first-order valence-corrected chi connectivity index (χ1v) is 5.77. The van der Waals surface area contributed by atoms with Crippen molar-refractivity contribution in [2.75, 3.05) is 0 Å². The van der Waals surface area contributed by atoms with E-state index in [2.05, 4.69) is 4.98 Å². The Hall–Kier alpha value is -3.00. The lowest BCUT2D eigenvalue weighted by Gasteiger charge is -2.09. The van der Waals surface area contributed by atoms with E-state index >= 15 is 0 Å². The van der Waals surface area contributed by atoms with E-state index in [1.807, 2.05) is 0 Å². The van der Waals surface area contributed by atoms with Crippen LogP contribution in [0.4, 0.5) is 5.69 Å². The molecule has 21 heavy (non-hydrogen) atoms. The molecule has 0 spiro atoms. The van der Waals surface area contributed by atoms with E-state index in [0.29, 0.717) is 5.56 Å². The molecule has 1 heterocycles. The predicted molar refractivity (Wildman–Crippen MR) is 70.3 cm³/mol. The molecule has 2 aromatic rings. The number of pyridine rings is 1. The quantitative estimate of drug-likeness (QED) is 0.637. The number of aliphatic hydroxyl groups is 1. The minimum absolute atomic E-state index is 0.207. The number of benzene rings is 1. The Bertz CT molecular complexity index is 701. The standard InChI is InChI=1S/C13H10N2O6/c16-7-8-3-1-2-4-11(8)21-12-10(15(19)20)5-9(6-14-12)13(17)18/h1-6,16H,7H2,(H,17,18). The molecule has 0 aliphatic heterocycles. The number of carboxylic acids is 1. The molecule has 8 nitrogen and oxygen atoms in total. The highest BCUT2D eigenvalue weighted by molar-refractivity contribution is 5.88. The molecule has 0 fully saturated rings. The van der Waals surface area contributed by atoms with Crippen LogP contribution in [-0.2, 0) is 6.61 Å². The molecule has 1 aromatic carbocycles. The Balaban J connectivity index is 2.44.